The molecule has 0 atom stereocenters. The van der Waals surface area contributed by atoms with E-state index in [0.717, 1.165) is 32.1 Å². The molecule has 0 unspecified atom stereocenters. The van der Waals surface area contributed by atoms with Gasteiger partial charge in [0.05, 0.1) is 0 Å². The third-order valence-electron chi connectivity index (χ3n) is 3.94. The maximum absolute atomic E-state index is 5.56. The highest BCUT2D eigenvalue weighted by molar-refractivity contribution is 4.66. The Balaban J connectivity index is 1.86. The molecule has 0 aromatic carbocycles. The van der Waals surface area contributed by atoms with Crippen LogP contribution in [0.15, 0.2) is 0 Å². The molecule has 2 heteroatoms. The van der Waals surface area contributed by atoms with Crippen LogP contribution in [0.5, 0.6) is 0 Å². The standard InChI is InChI=1S/C16H33NO/c1-2-3-13-18-14-9-12-17-15-16-10-7-5-4-6-8-11-16/h16-17H,2-15H2,1H3. The van der Waals surface area contributed by atoms with Crippen molar-refractivity contribution in [2.45, 2.75) is 71.1 Å². The molecule has 0 amide bonds. The second-order valence-electron chi connectivity index (χ2n) is 5.73. The number of hydrogen-bond acceptors (Lipinski definition) is 2. The maximum Gasteiger partial charge on any atom is 0.0478 e. The molecule has 0 aromatic rings. The van der Waals surface area contributed by atoms with E-state index in [2.05, 4.69) is 12.2 Å². The van der Waals surface area contributed by atoms with Crippen LogP contribution < -0.4 is 5.32 Å². The zero-order valence-electron chi connectivity index (χ0n) is 12.4. The van der Waals surface area contributed by atoms with Crippen LogP contribution in [0.2, 0.25) is 0 Å². The molecule has 1 rings (SSSR count). The number of ether oxygens (including phenoxy) is 1. The monoisotopic (exact) mass is 255 g/mol. The van der Waals surface area contributed by atoms with Gasteiger partial charge in [0, 0.05) is 13.2 Å². The Morgan fingerprint density at radius 3 is 2.33 bits per heavy atom. The fraction of sp³-hybridized carbons (Fsp3) is 1.00. The van der Waals surface area contributed by atoms with Gasteiger partial charge in [0.1, 0.15) is 0 Å². The zero-order chi connectivity index (χ0) is 12.9. The van der Waals surface area contributed by atoms with E-state index in [9.17, 15) is 0 Å². The lowest BCUT2D eigenvalue weighted by Gasteiger charge is -2.20. The molecule has 18 heavy (non-hydrogen) atoms. The number of hydrogen-bond donors (Lipinski definition) is 1. The van der Waals surface area contributed by atoms with Crippen LogP contribution in [0.4, 0.5) is 0 Å². The Kier molecular flexibility index (Phi) is 10.6. The fourth-order valence-electron chi connectivity index (χ4n) is 2.70. The second-order valence-corrected chi connectivity index (χ2v) is 5.73. The van der Waals surface area contributed by atoms with Crippen LogP contribution in [-0.2, 0) is 4.74 Å². The normalized spacial score (nSPS) is 18.5. The van der Waals surface area contributed by atoms with Crippen molar-refractivity contribution in [1.29, 1.82) is 0 Å². The molecular weight excluding hydrogens is 222 g/mol. The SMILES string of the molecule is CCCCOCCCNCC1CCCCCCC1. The van der Waals surface area contributed by atoms with E-state index in [4.69, 9.17) is 4.74 Å². The van der Waals surface area contributed by atoms with Crippen molar-refractivity contribution >= 4 is 0 Å². The van der Waals surface area contributed by atoms with E-state index >= 15 is 0 Å². The van der Waals surface area contributed by atoms with Crippen LogP contribution in [0, 0.1) is 5.92 Å². The predicted molar refractivity (Wildman–Crippen MR) is 79.0 cm³/mol. The molecule has 108 valence electrons. The molecule has 1 saturated carbocycles. The van der Waals surface area contributed by atoms with Gasteiger partial charge in [-0.2, -0.15) is 0 Å². The second kappa shape index (κ2) is 12.0. The summed E-state index contributed by atoms with van der Waals surface area (Å²) in [6.45, 7) is 6.44. The van der Waals surface area contributed by atoms with Gasteiger partial charge in [-0.25, -0.2) is 0 Å². The zero-order valence-corrected chi connectivity index (χ0v) is 12.4. The van der Waals surface area contributed by atoms with Gasteiger partial charge in [0.2, 0.25) is 0 Å². The third kappa shape index (κ3) is 8.93. The van der Waals surface area contributed by atoms with Crippen LogP contribution >= 0.6 is 0 Å². The summed E-state index contributed by atoms with van der Waals surface area (Å²) >= 11 is 0. The van der Waals surface area contributed by atoms with E-state index in [-0.39, 0.29) is 0 Å². The molecule has 0 bridgehead atoms. The lowest BCUT2D eigenvalue weighted by Crippen LogP contribution is -2.25. The molecule has 1 fully saturated rings. The summed E-state index contributed by atoms with van der Waals surface area (Å²) in [6.07, 6.45) is 13.8. The minimum absolute atomic E-state index is 0.928. The molecule has 0 aliphatic heterocycles. The van der Waals surface area contributed by atoms with Gasteiger partial charge < -0.3 is 10.1 Å². The van der Waals surface area contributed by atoms with E-state index in [1.54, 1.807) is 0 Å². The van der Waals surface area contributed by atoms with Crippen molar-refractivity contribution in [1.82, 2.24) is 5.32 Å². The molecule has 0 radical (unpaired) electrons. The van der Waals surface area contributed by atoms with E-state index in [1.807, 2.05) is 0 Å². The largest absolute Gasteiger partial charge is 0.381 e. The highest BCUT2D eigenvalue weighted by Crippen LogP contribution is 2.21. The summed E-state index contributed by atoms with van der Waals surface area (Å²) in [4.78, 5) is 0. The minimum atomic E-state index is 0.928. The Hall–Kier alpha value is -0.0800. The van der Waals surface area contributed by atoms with Gasteiger partial charge >= 0.3 is 0 Å². The van der Waals surface area contributed by atoms with Gasteiger partial charge in [-0.3, -0.25) is 0 Å². The van der Waals surface area contributed by atoms with Gasteiger partial charge in [-0.15, -0.1) is 0 Å². The van der Waals surface area contributed by atoms with Gasteiger partial charge in [-0.05, 0) is 44.7 Å². The predicted octanol–water partition coefficient (Wildman–Crippen LogP) is 4.14. The molecule has 0 spiro atoms. The average Bonchev–Trinajstić information content (AvgIpc) is 2.34. The summed E-state index contributed by atoms with van der Waals surface area (Å²) in [6, 6.07) is 0. The highest BCUT2D eigenvalue weighted by atomic mass is 16.5. The van der Waals surface area contributed by atoms with Gasteiger partial charge in [0.25, 0.3) is 0 Å². The summed E-state index contributed by atoms with van der Waals surface area (Å²) in [5.74, 6) is 0.936. The summed E-state index contributed by atoms with van der Waals surface area (Å²) in [5.41, 5.74) is 0. The molecule has 0 heterocycles. The first-order valence-corrected chi connectivity index (χ1v) is 8.22. The van der Waals surface area contributed by atoms with Crippen LogP contribution in [-0.4, -0.2) is 26.3 Å². The van der Waals surface area contributed by atoms with Crippen molar-refractivity contribution in [2.24, 2.45) is 5.92 Å². The molecule has 0 saturated heterocycles. The Morgan fingerprint density at radius 1 is 0.944 bits per heavy atom. The maximum atomic E-state index is 5.56. The lowest BCUT2D eigenvalue weighted by atomic mass is 9.91. The fourth-order valence-corrected chi connectivity index (χ4v) is 2.70. The highest BCUT2D eigenvalue weighted by Gasteiger charge is 2.10. The first kappa shape index (κ1) is 16.0. The molecule has 0 aromatic heterocycles. The lowest BCUT2D eigenvalue weighted by molar-refractivity contribution is 0.128. The van der Waals surface area contributed by atoms with Crippen molar-refractivity contribution in [3.63, 3.8) is 0 Å². The van der Waals surface area contributed by atoms with Crippen LogP contribution in [0.1, 0.15) is 71.1 Å². The molecular formula is C16H33NO. The van der Waals surface area contributed by atoms with Crippen LogP contribution in [0.3, 0.4) is 0 Å². The number of unbranched alkanes of at least 4 members (excludes halogenated alkanes) is 1. The Bertz CT molecular complexity index is 164. The minimum Gasteiger partial charge on any atom is -0.381 e. The third-order valence-corrected chi connectivity index (χ3v) is 3.94. The van der Waals surface area contributed by atoms with Crippen molar-refractivity contribution in [2.75, 3.05) is 26.3 Å². The van der Waals surface area contributed by atoms with E-state index in [1.165, 1.54) is 64.3 Å². The van der Waals surface area contributed by atoms with Gasteiger partial charge in [-0.1, -0.05) is 45.4 Å². The Morgan fingerprint density at radius 2 is 1.61 bits per heavy atom. The van der Waals surface area contributed by atoms with Crippen molar-refractivity contribution in [3.8, 4) is 0 Å². The molecule has 2 nitrogen and oxygen atoms in total. The summed E-state index contributed by atoms with van der Waals surface area (Å²) in [5, 5.41) is 3.61. The Labute approximate surface area is 114 Å². The molecule has 1 N–H and O–H groups in total. The van der Waals surface area contributed by atoms with Crippen LogP contribution in [0.25, 0.3) is 0 Å². The van der Waals surface area contributed by atoms with Crippen molar-refractivity contribution < 1.29 is 4.74 Å². The average molecular weight is 255 g/mol. The topological polar surface area (TPSA) is 21.3 Å². The molecule has 1 aliphatic rings. The smallest absolute Gasteiger partial charge is 0.0478 e. The van der Waals surface area contributed by atoms with Crippen molar-refractivity contribution in [3.05, 3.63) is 0 Å². The quantitative estimate of drug-likeness (QED) is 0.625. The first-order valence-electron chi connectivity index (χ1n) is 8.22. The summed E-state index contributed by atoms with van der Waals surface area (Å²) in [7, 11) is 0. The molecule has 1 aliphatic carbocycles. The summed E-state index contributed by atoms with van der Waals surface area (Å²) < 4.78 is 5.56. The number of rotatable bonds is 9. The van der Waals surface area contributed by atoms with E-state index in [0.29, 0.717) is 0 Å². The van der Waals surface area contributed by atoms with Gasteiger partial charge in [0.15, 0.2) is 0 Å². The number of nitrogens with one attached hydrogen (secondary N) is 1. The van der Waals surface area contributed by atoms with E-state index < -0.39 is 0 Å². The first-order chi connectivity index (χ1) is 8.93.